The molecule has 1 N–H and O–H groups in total. The highest BCUT2D eigenvalue weighted by Gasteiger charge is 2.21. The minimum absolute atomic E-state index is 0.196. The van der Waals surface area contributed by atoms with Crippen LogP contribution in [0, 0.1) is 13.8 Å². The van der Waals surface area contributed by atoms with Crippen molar-refractivity contribution in [1.82, 2.24) is 5.32 Å². The van der Waals surface area contributed by atoms with Crippen LogP contribution >= 0.6 is 0 Å². The lowest BCUT2D eigenvalue weighted by atomic mass is 10.1. The molecule has 0 saturated heterocycles. The Morgan fingerprint density at radius 3 is 2.30 bits per heavy atom. The molecule has 6 heteroatoms. The van der Waals surface area contributed by atoms with Gasteiger partial charge in [-0.3, -0.25) is 4.79 Å². The van der Waals surface area contributed by atoms with Crippen molar-refractivity contribution >= 4 is 15.7 Å². The summed E-state index contributed by atoms with van der Waals surface area (Å²) < 4.78 is 29.1. The van der Waals surface area contributed by atoms with Gasteiger partial charge in [0.2, 0.25) is 0 Å². The summed E-state index contributed by atoms with van der Waals surface area (Å²) in [6.45, 7) is 7.69. The number of sulfone groups is 1. The molecule has 0 fully saturated rings. The standard InChI is InChI=1S/C21H27NO4S/c1-6-19(26-20-13-14(2)7-8-15(20)3)21(23)22-16(4)17-9-11-18(12-10-17)27(5,24)25/h7-13,16,19H,6H2,1-5H3,(H,22,23)/t16-,19+/m1/s1. The summed E-state index contributed by atoms with van der Waals surface area (Å²) in [4.78, 5) is 12.9. The van der Waals surface area contributed by atoms with E-state index in [1.807, 2.05) is 45.9 Å². The maximum absolute atomic E-state index is 12.7. The number of hydrogen-bond donors (Lipinski definition) is 1. The van der Waals surface area contributed by atoms with Gasteiger partial charge >= 0.3 is 0 Å². The predicted octanol–water partition coefficient (Wildman–Crippen LogP) is 3.74. The minimum Gasteiger partial charge on any atom is -0.480 e. The summed E-state index contributed by atoms with van der Waals surface area (Å²) in [6, 6.07) is 12.2. The molecule has 0 bridgehead atoms. The molecule has 0 heterocycles. The van der Waals surface area contributed by atoms with Gasteiger partial charge in [0, 0.05) is 6.26 Å². The molecule has 0 unspecified atom stereocenters. The Balaban J connectivity index is 2.08. The first kappa shape index (κ1) is 21.0. The predicted molar refractivity (Wildman–Crippen MR) is 107 cm³/mol. The number of hydrogen-bond acceptors (Lipinski definition) is 4. The van der Waals surface area contributed by atoms with Gasteiger partial charge in [0.1, 0.15) is 5.75 Å². The van der Waals surface area contributed by atoms with E-state index in [9.17, 15) is 13.2 Å². The number of aryl methyl sites for hydroxylation is 2. The molecule has 27 heavy (non-hydrogen) atoms. The molecule has 0 aliphatic heterocycles. The third-order valence-electron chi connectivity index (χ3n) is 4.44. The van der Waals surface area contributed by atoms with Crippen LogP contribution in [0.2, 0.25) is 0 Å². The average Bonchev–Trinajstić information content (AvgIpc) is 2.61. The first-order valence-corrected chi connectivity index (χ1v) is 10.8. The zero-order valence-electron chi connectivity index (χ0n) is 16.4. The molecule has 2 rings (SSSR count). The summed E-state index contributed by atoms with van der Waals surface area (Å²) in [7, 11) is -3.24. The number of nitrogens with one attached hydrogen (secondary N) is 1. The van der Waals surface area contributed by atoms with E-state index in [1.54, 1.807) is 24.3 Å². The Kier molecular flexibility index (Phi) is 6.65. The van der Waals surface area contributed by atoms with Crippen LogP contribution in [-0.2, 0) is 14.6 Å². The lowest BCUT2D eigenvalue weighted by Gasteiger charge is -2.22. The molecule has 0 saturated carbocycles. The summed E-state index contributed by atoms with van der Waals surface area (Å²) in [5, 5.41) is 2.95. The monoisotopic (exact) mass is 389 g/mol. The largest absolute Gasteiger partial charge is 0.480 e. The topological polar surface area (TPSA) is 72.5 Å². The van der Waals surface area contributed by atoms with E-state index >= 15 is 0 Å². The fourth-order valence-electron chi connectivity index (χ4n) is 2.70. The molecule has 2 aromatic carbocycles. The number of carbonyl (C=O) groups excluding carboxylic acids is 1. The van der Waals surface area contributed by atoms with Crippen molar-refractivity contribution in [3.8, 4) is 5.75 Å². The van der Waals surface area contributed by atoms with Crippen LogP contribution in [0.3, 0.4) is 0 Å². The van der Waals surface area contributed by atoms with Crippen molar-refractivity contribution in [2.45, 2.75) is 51.2 Å². The fraction of sp³-hybridized carbons (Fsp3) is 0.381. The Hall–Kier alpha value is -2.34. The molecule has 0 aromatic heterocycles. The zero-order chi connectivity index (χ0) is 20.2. The van der Waals surface area contributed by atoms with Gasteiger partial charge in [0.05, 0.1) is 10.9 Å². The Bertz CT molecular complexity index is 904. The first-order chi connectivity index (χ1) is 12.6. The average molecular weight is 390 g/mol. The number of rotatable bonds is 7. The molecule has 2 atom stereocenters. The maximum atomic E-state index is 12.7. The van der Waals surface area contributed by atoms with Crippen molar-refractivity contribution in [2.75, 3.05) is 6.26 Å². The van der Waals surface area contributed by atoms with Crippen molar-refractivity contribution in [1.29, 1.82) is 0 Å². The zero-order valence-corrected chi connectivity index (χ0v) is 17.3. The lowest BCUT2D eigenvalue weighted by Crippen LogP contribution is -2.39. The summed E-state index contributed by atoms with van der Waals surface area (Å²) in [6.07, 6.45) is 1.12. The molecule has 0 aliphatic carbocycles. The summed E-state index contributed by atoms with van der Waals surface area (Å²) in [5.41, 5.74) is 2.89. The van der Waals surface area contributed by atoms with Gasteiger partial charge in [-0.25, -0.2) is 8.42 Å². The molecular formula is C21H27NO4S. The number of carbonyl (C=O) groups is 1. The van der Waals surface area contributed by atoms with Crippen molar-refractivity contribution in [2.24, 2.45) is 0 Å². The van der Waals surface area contributed by atoms with Gasteiger partial charge < -0.3 is 10.1 Å². The normalized spacial score (nSPS) is 13.7. The molecule has 146 valence electrons. The second kappa shape index (κ2) is 8.57. The van der Waals surface area contributed by atoms with Gasteiger partial charge in [0.15, 0.2) is 15.9 Å². The van der Waals surface area contributed by atoms with E-state index < -0.39 is 15.9 Å². The van der Waals surface area contributed by atoms with Crippen LogP contribution < -0.4 is 10.1 Å². The van der Waals surface area contributed by atoms with Crippen LogP contribution in [0.4, 0.5) is 0 Å². The van der Waals surface area contributed by atoms with Gasteiger partial charge in [-0.15, -0.1) is 0 Å². The summed E-state index contributed by atoms with van der Waals surface area (Å²) >= 11 is 0. The van der Waals surface area contributed by atoms with Gasteiger partial charge in [-0.1, -0.05) is 31.2 Å². The van der Waals surface area contributed by atoms with Crippen molar-refractivity contribution in [3.63, 3.8) is 0 Å². The van der Waals surface area contributed by atoms with Crippen LogP contribution in [0.1, 0.15) is 43.0 Å². The molecule has 5 nitrogen and oxygen atoms in total. The third-order valence-corrected chi connectivity index (χ3v) is 5.57. The molecule has 1 amide bonds. The van der Waals surface area contributed by atoms with E-state index in [-0.39, 0.29) is 16.8 Å². The highest BCUT2D eigenvalue weighted by atomic mass is 32.2. The molecule has 0 spiro atoms. The molecule has 2 aromatic rings. The highest BCUT2D eigenvalue weighted by Crippen LogP contribution is 2.22. The lowest BCUT2D eigenvalue weighted by molar-refractivity contribution is -0.128. The van der Waals surface area contributed by atoms with Gasteiger partial charge in [-0.2, -0.15) is 0 Å². The van der Waals surface area contributed by atoms with Crippen LogP contribution in [0.25, 0.3) is 0 Å². The third kappa shape index (κ3) is 5.57. The quantitative estimate of drug-likeness (QED) is 0.783. The van der Waals surface area contributed by atoms with Crippen LogP contribution in [-0.4, -0.2) is 26.7 Å². The van der Waals surface area contributed by atoms with E-state index in [2.05, 4.69) is 5.32 Å². The first-order valence-electron chi connectivity index (χ1n) is 8.96. The Morgan fingerprint density at radius 1 is 1.11 bits per heavy atom. The Labute approximate surface area is 161 Å². The highest BCUT2D eigenvalue weighted by molar-refractivity contribution is 7.90. The number of benzene rings is 2. The van der Waals surface area contributed by atoms with E-state index in [4.69, 9.17) is 4.74 Å². The van der Waals surface area contributed by atoms with Crippen molar-refractivity contribution < 1.29 is 17.9 Å². The molecule has 0 aliphatic rings. The molecule has 0 radical (unpaired) electrons. The van der Waals surface area contributed by atoms with E-state index in [0.717, 1.165) is 16.7 Å². The summed E-state index contributed by atoms with van der Waals surface area (Å²) in [5.74, 6) is 0.514. The van der Waals surface area contributed by atoms with E-state index in [0.29, 0.717) is 12.2 Å². The minimum atomic E-state index is -3.24. The second-order valence-electron chi connectivity index (χ2n) is 6.86. The van der Waals surface area contributed by atoms with Crippen LogP contribution in [0.15, 0.2) is 47.4 Å². The Morgan fingerprint density at radius 2 is 1.74 bits per heavy atom. The smallest absolute Gasteiger partial charge is 0.261 e. The van der Waals surface area contributed by atoms with Crippen LogP contribution in [0.5, 0.6) is 5.75 Å². The fourth-order valence-corrected chi connectivity index (χ4v) is 3.33. The van der Waals surface area contributed by atoms with Gasteiger partial charge in [0.25, 0.3) is 5.91 Å². The van der Waals surface area contributed by atoms with Crippen molar-refractivity contribution in [3.05, 3.63) is 59.2 Å². The number of ether oxygens (including phenoxy) is 1. The van der Waals surface area contributed by atoms with Gasteiger partial charge in [-0.05, 0) is 62.1 Å². The van der Waals surface area contributed by atoms with E-state index in [1.165, 1.54) is 6.26 Å². The maximum Gasteiger partial charge on any atom is 0.261 e. The second-order valence-corrected chi connectivity index (χ2v) is 8.87. The molecular weight excluding hydrogens is 362 g/mol. The SMILES string of the molecule is CC[C@H](Oc1cc(C)ccc1C)C(=O)N[C@H](C)c1ccc(S(C)(=O)=O)cc1. The number of amides is 1.